The first-order valence-corrected chi connectivity index (χ1v) is 5.31. The van der Waals surface area contributed by atoms with E-state index in [1.165, 1.54) is 0 Å². The van der Waals surface area contributed by atoms with E-state index >= 15 is 0 Å². The van der Waals surface area contributed by atoms with E-state index in [9.17, 15) is 4.79 Å². The molecule has 0 saturated heterocycles. The number of aryl methyl sites for hydroxylation is 1. The molecule has 82 valence electrons. The van der Waals surface area contributed by atoms with Crippen LogP contribution in [0.5, 0.6) is 0 Å². The number of nitrogens with zero attached hydrogens (tertiary/aromatic N) is 2. The third-order valence-corrected chi connectivity index (χ3v) is 3.06. The summed E-state index contributed by atoms with van der Waals surface area (Å²) in [6.07, 6.45) is 3.86. The largest absolute Gasteiger partial charge is 0.476 e. The Labute approximate surface area is 93.5 Å². The van der Waals surface area contributed by atoms with Crippen LogP contribution in [0, 0.1) is 18.3 Å². The van der Waals surface area contributed by atoms with Gasteiger partial charge in [0.05, 0.1) is 5.56 Å². The van der Waals surface area contributed by atoms with Gasteiger partial charge in [0.1, 0.15) is 6.07 Å². The molecule has 4 nitrogen and oxygen atoms in total. The van der Waals surface area contributed by atoms with Gasteiger partial charge in [-0.3, -0.25) is 0 Å². The molecule has 0 amide bonds. The van der Waals surface area contributed by atoms with Crippen LogP contribution in [0.4, 0.5) is 0 Å². The second-order valence-corrected chi connectivity index (χ2v) is 4.01. The Morgan fingerprint density at radius 2 is 2.12 bits per heavy atom. The molecular formula is C12H12N2O2. The van der Waals surface area contributed by atoms with E-state index < -0.39 is 5.97 Å². The maximum Gasteiger partial charge on any atom is 0.355 e. The average molecular weight is 216 g/mol. The van der Waals surface area contributed by atoms with Crippen molar-refractivity contribution in [1.29, 1.82) is 5.26 Å². The number of fused-ring (bicyclic) bond motifs is 1. The van der Waals surface area contributed by atoms with E-state index in [0.717, 1.165) is 42.5 Å². The second kappa shape index (κ2) is 3.93. The van der Waals surface area contributed by atoms with E-state index in [4.69, 9.17) is 10.4 Å². The summed E-state index contributed by atoms with van der Waals surface area (Å²) in [5, 5.41) is 18.0. The fourth-order valence-electron chi connectivity index (χ4n) is 2.23. The maximum absolute atomic E-state index is 11.0. The Morgan fingerprint density at radius 1 is 1.44 bits per heavy atom. The van der Waals surface area contributed by atoms with Crippen molar-refractivity contribution in [3.8, 4) is 6.07 Å². The summed E-state index contributed by atoms with van der Waals surface area (Å²) in [7, 11) is 0. The van der Waals surface area contributed by atoms with Crippen LogP contribution in [0.2, 0.25) is 0 Å². The molecule has 0 spiro atoms. The van der Waals surface area contributed by atoms with Crippen LogP contribution in [0.3, 0.4) is 0 Å². The highest BCUT2D eigenvalue weighted by molar-refractivity contribution is 5.89. The summed E-state index contributed by atoms with van der Waals surface area (Å²) < 4.78 is 0. The molecular weight excluding hydrogens is 204 g/mol. The van der Waals surface area contributed by atoms with Crippen molar-refractivity contribution in [2.75, 3.05) is 0 Å². The molecule has 0 atom stereocenters. The van der Waals surface area contributed by atoms with Crippen LogP contribution in [0.25, 0.3) is 0 Å². The van der Waals surface area contributed by atoms with Crippen molar-refractivity contribution in [3.05, 3.63) is 28.1 Å². The summed E-state index contributed by atoms with van der Waals surface area (Å²) in [4.78, 5) is 15.1. The standard InChI is InChI=1S/C12H12N2O2/c1-7-8-4-2-3-5-10(8)14-11(12(15)16)9(7)6-13/h2-5H2,1H3,(H,15,16). The number of carboxylic acids is 1. The van der Waals surface area contributed by atoms with Crippen LogP contribution in [-0.4, -0.2) is 16.1 Å². The number of aromatic nitrogens is 1. The number of aromatic carboxylic acids is 1. The van der Waals surface area contributed by atoms with Crippen LogP contribution >= 0.6 is 0 Å². The minimum absolute atomic E-state index is 0.0966. The summed E-state index contributed by atoms with van der Waals surface area (Å²) in [6, 6.07) is 1.95. The first kappa shape index (κ1) is 10.6. The van der Waals surface area contributed by atoms with E-state index in [0.29, 0.717) is 0 Å². The molecule has 0 aliphatic heterocycles. The molecule has 0 bridgehead atoms. The number of hydrogen-bond acceptors (Lipinski definition) is 3. The molecule has 0 fully saturated rings. The highest BCUT2D eigenvalue weighted by Crippen LogP contribution is 2.26. The van der Waals surface area contributed by atoms with Crippen molar-refractivity contribution in [1.82, 2.24) is 4.98 Å². The average Bonchev–Trinajstić information content (AvgIpc) is 2.29. The number of carbonyl (C=O) groups is 1. The molecule has 1 aliphatic carbocycles. The van der Waals surface area contributed by atoms with E-state index in [1.54, 1.807) is 0 Å². The van der Waals surface area contributed by atoms with Crippen molar-refractivity contribution < 1.29 is 9.90 Å². The Hall–Kier alpha value is -1.89. The van der Waals surface area contributed by atoms with Crippen LogP contribution in [-0.2, 0) is 12.8 Å². The lowest BCUT2D eigenvalue weighted by atomic mass is 9.90. The van der Waals surface area contributed by atoms with Gasteiger partial charge in [0.25, 0.3) is 0 Å². The number of hydrogen-bond donors (Lipinski definition) is 1. The van der Waals surface area contributed by atoms with E-state index in [1.807, 2.05) is 13.0 Å². The molecule has 16 heavy (non-hydrogen) atoms. The van der Waals surface area contributed by atoms with Gasteiger partial charge in [-0.2, -0.15) is 5.26 Å². The number of nitriles is 1. The zero-order chi connectivity index (χ0) is 11.7. The summed E-state index contributed by atoms with van der Waals surface area (Å²) in [5.41, 5.74) is 2.85. The van der Waals surface area contributed by atoms with Crippen LogP contribution < -0.4 is 0 Å². The normalized spacial score (nSPS) is 14.0. The second-order valence-electron chi connectivity index (χ2n) is 4.01. The fourth-order valence-corrected chi connectivity index (χ4v) is 2.23. The molecule has 4 heteroatoms. The third kappa shape index (κ3) is 1.54. The lowest BCUT2D eigenvalue weighted by Crippen LogP contribution is -2.15. The summed E-state index contributed by atoms with van der Waals surface area (Å²) >= 11 is 0. The first-order chi connectivity index (χ1) is 7.65. The van der Waals surface area contributed by atoms with Gasteiger partial charge in [0.15, 0.2) is 5.69 Å². The van der Waals surface area contributed by atoms with Gasteiger partial charge in [0.2, 0.25) is 0 Å². The quantitative estimate of drug-likeness (QED) is 0.777. The predicted octanol–water partition coefficient (Wildman–Crippen LogP) is 1.84. The van der Waals surface area contributed by atoms with E-state index in [2.05, 4.69) is 4.98 Å². The molecule has 2 rings (SSSR count). The van der Waals surface area contributed by atoms with Gasteiger partial charge < -0.3 is 5.11 Å². The molecule has 0 aromatic carbocycles. The molecule has 0 saturated carbocycles. The van der Waals surface area contributed by atoms with Gasteiger partial charge in [-0.05, 0) is 43.7 Å². The Balaban J connectivity index is 2.70. The van der Waals surface area contributed by atoms with Crippen molar-refractivity contribution >= 4 is 5.97 Å². The summed E-state index contributed by atoms with van der Waals surface area (Å²) in [6.45, 7) is 1.82. The van der Waals surface area contributed by atoms with Gasteiger partial charge in [0, 0.05) is 5.69 Å². The molecule has 0 radical (unpaired) electrons. The topological polar surface area (TPSA) is 74.0 Å². The minimum atomic E-state index is -1.12. The Kier molecular flexibility index (Phi) is 2.61. The SMILES string of the molecule is Cc1c(C#N)c(C(=O)O)nc2c1CCCC2. The van der Waals surface area contributed by atoms with Gasteiger partial charge in [-0.15, -0.1) is 0 Å². The maximum atomic E-state index is 11.0. The third-order valence-electron chi connectivity index (χ3n) is 3.06. The Morgan fingerprint density at radius 3 is 2.75 bits per heavy atom. The summed E-state index contributed by atoms with van der Waals surface area (Å²) in [5.74, 6) is -1.12. The predicted molar refractivity (Wildman–Crippen MR) is 57.3 cm³/mol. The van der Waals surface area contributed by atoms with Crippen molar-refractivity contribution in [2.45, 2.75) is 32.6 Å². The smallest absolute Gasteiger partial charge is 0.355 e. The number of pyridine rings is 1. The first-order valence-electron chi connectivity index (χ1n) is 5.31. The molecule has 0 unspecified atom stereocenters. The highest BCUT2D eigenvalue weighted by Gasteiger charge is 2.22. The Bertz CT molecular complexity index is 501. The fraction of sp³-hybridized carbons (Fsp3) is 0.417. The zero-order valence-electron chi connectivity index (χ0n) is 9.08. The van der Waals surface area contributed by atoms with Crippen LogP contribution in [0.15, 0.2) is 0 Å². The molecule has 1 aliphatic rings. The molecule has 1 aromatic heterocycles. The van der Waals surface area contributed by atoms with Gasteiger partial charge in [-0.25, -0.2) is 9.78 Å². The lowest BCUT2D eigenvalue weighted by molar-refractivity contribution is 0.0689. The monoisotopic (exact) mass is 216 g/mol. The zero-order valence-corrected chi connectivity index (χ0v) is 9.08. The van der Waals surface area contributed by atoms with Crippen molar-refractivity contribution in [3.63, 3.8) is 0 Å². The minimum Gasteiger partial charge on any atom is -0.476 e. The van der Waals surface area contributed by atoms with Crippen LogP contribution in [0.1, 0.15) is 45.7 Å². The van der Waals surface area contributed by atoms with E-state index in [-0.39, 0.29) is 11.3 Å². The number of carboxylic acid groups (broad SMARTS) is 1. The lowest BCUT2D eigenvalue weighted by Gasteiger charge is -2.18. The molecule has 1 heterocycles. The van der Waals surface area contributed by atoms with Crippen molar-refractivity contribution in [2.24, 2.45) is 0 Å². The molecule has 1 N–H and O–H groups in total. The number of rotatable bonds is 1. The van der Waals surface area contributed by atoms with Gasteiger partial charge in [-0.1, -0.05) is 0 Å². The van der Waals surface area contributed by atoms with Gasteiger partial charge >= 0.3 is 5.97 Å². The highest BCUT2D eigenvalue weighted by atomic mass is 16.4. The molecule has 1 aromatic rings.